The van der Waals surface area contributed by atoms with E-state index in [2.05, 4.69) is 45.3 Å². The van der Waals surface area contributed by atoms with Crippen LogP contribution in [0.1, 0.15) is 11.5 Å². The number of rotatable bonds is 3. The molecule has 3 rings (SSSR count). The Kier molecular flexibility index (Phi) is 3.72. The predicted molar refractivity (Wildman–Crippen MR) is 81.3 cm³/mol. The van der Waals surface area contributed by atoms with Gasteiger partial charge in [0, 0.05) is 18.8 Å². The first-order chi connectivity index (χ1) is 9.81. The Balaban J connectivity index is 1.55. The van der Waals surface area contributed by atoms with Crippen molar-refractivity contribution in [2.24, 2.45) is 5.10 Å². The highest BCUT2D eigenvalue weighted by atomic mass is 16.3. The summed E-state index contributed by atoms with van der Waals surface area (Å²) in [6, 6.07) is 14.4. The molecular formula is C16H19N3O. The molecule has 1 aliphatic rings. The maximum absolute atomic E-state index is 5.48. The number of piperazine rings is 1. The topological polar surface area (TPSA) is 32.0 Å². The van der Waals surface area contributed by atoms with Gasteiger partial charge in [-0.3, -0.25) is 5.01 Å². The van der Waals surface area contributed by atoms with Crippen molar-refractivity contribution in [3.05, 3.63) is 54.0 Å². The Morgan fingerprint density at radius 3 is 2.40 bits per heavy atom. The monoisotopic (exact) mass is 269 g/mol. The van der Waals surface area contributed by atoms with Crippen LogP contribution in [0.15, 0.2) is 52.0 Å². The third kappa shape index (κ3) is 3.02. The Morgan fingerprint density at radius 1 is 1.00 bits per heavy atom. The Bertz CT molecular complexity index is 568. The Labute approximate surface area is 119 Å². The Hall–Kier alpha value is -2.23. The van der Waals surface area contributed by atoms with Crippen LogP contribution in [-0.4, -0.2) is 37.4 Å². The van der Waals surface area contributed by atoms with Crippen LogP contribution < -0.4 is 4.90 Å². The molecule has 1 aromatic heterocycles. The van der Waals surface area contributed by atoms with E-state index in [4.69, 9.17) is 4.42 Å². The van der Waals surface area contributed by atoms with Crippen molar-refractivity contribution in [1.82, 2.24) is 5.01 Å². The fourth-order valence-electron chi connectivity index (χ4n) is 2.37. The van der Waals surface area contributed by atoms with Crippen molar-refractivity contribution < 1.29 is 4.42 Å². The number of hydrazone groups is 1. The zero-order valence-electron chi connectivity index (χ0n) is 11.7. The predicted octanol–water partition coefficient (Wildman–Crippen LogP) is 2.74. The first-order valence-electron chi connectivity index (χ1n) is 6.97. The van der Waals surface area contributed by atoms with Crippen LogP contribution in [0.5, 0.6) is 0 Å². The van der Waals surface area contributed by atoms with Gasteiger partial charge in [0.05, 0.1) is 19.3 Å². The second-order valence-corrected chi connectivity index (χ2v) is 4.97. The van der Waals surface area contributed by atoms with E-state index in [-0.39, 0.29) is 0 Å². The van der Waals surface area contributed by atoms with Crippen molar-refractivity contribution >= 4 is 11.9 Å². The molecule has 0 bridgehead atoms. The highest BCUT2D eigenvalue weighted by Gasteiger charge is 2.15. The van der Waals surface area contributed by atoms with Crippen molar-refractivity contribution in [1.29, 1.82) is 0 Å². The van der Waals surface area contributed by atoms with Crippen molar-refractivity contribution in [3.63, 3.8) is 0 Å². The molecule has 0 unspecified atom stereocenters. The van der Waals surface area contributed by atoms with E-state index in [1.807, 2.05) is 19.1 Å². The lowest BCUT2D eigenvalue weighted by Crippen LogP contribution is -2.44. The second kappa shape index (κ2) is 5.82. The van der Waals surface area contributed by atoms with E-state index < -0.39 is 0 Å². The minimum atomic E-state index is 0.813. The lowest BCUT2D eigenvalue weighted by atomic mass is 10.2. The van der Waals surface area contributed by atoms with Gasteiger partial charge in [0.25, 0.3) is 0 Å². The fraction of sp³-hybridized carbons (Fsp3) is 0.312. The number of para-hydroxylation sites is 1. The van der Waals surface area contributed by atoms with Crippen LogP contribution in [0, 0.1) is 6.92 Å². The molecule has 2 heterocycles. The summed E-state index contributed by atoms with van der Waals surface area (Å²) in [5.74, 6) is 1.73. The van der Waals surface area contributed by atoms with E-state index in [0.29, 0.717) is 0 Å². The second-order valence-electron chi connectivity index (χ2n) is 4.97. The highest BCUT2D eigenvalue weighted by molar-refractivity contribution is 5.75. The molecule has 0 N–H and O–H groups in total. The molecule has 0 atom stereocenters. The van der Waals surface area contributed by atoms with Crippen molar-refractivity contribution in [3.8, 4) is 0 Å². The molecule has 20 heavy (non-hydrogen) atoms. The summed E-state index contributed by atoms with van der Waals surface area (Å²) in [7, 11) is 0. The standard InChI is InChI=1S/C16H19N3O/c1-14-7-8-16(20-14)13-17-19-11-9-18(10-12-19)15-5-3-2-4-6-15/h2-8,13H,9-12H2,1H3/b17-13+. The van der Waals surface area contributed by atoms with Gasteiger partial charge in [0.15, 0.2) is 0 Å². The zero-order valence-corrected chi connectivity index (χ0v) is 11.7. The van der Waals surface area contributed by atoms with E-state index in [0.717, 1.165) is 37.7 Å². The molecule has 1 aliphatic heterocycles. The van der Waals surface area contributed by atoms with Gasteiger partial charge in [-0.1, -0.05) is 18.2 Å². The number of furan rings is 1. The fourth-order valence-corrected chi connectivity index (χ4v) is 2.37. The molecule has 0 aliphatic carbocycles. The quantitative estimate of drug-likeness (QED) is 0.803. The minimum Gasteiger partial charge on any atom is -0.460 e. The van der Waals surface area contributed by atoms with Crippen molar-refractivity contribution in [2.75, 3.05) is 31.1 Å². The van der Waals surface area contributed by atoms with Crippen LogP contribution >= 0.6 is 0 Å². The van der Waals surface area contributed by atoms with E-state index in [9.17, 15) is 0 Å². The highest BCUT2D eigenvalue weighted by Crippen LogP contribution is 2.15. The normalized spacial score (nSPS) is 16.1. The van der Waals surface area contributed by atoms with Crippen LogP contribution in [0.2, 0.25) is 0 Å². The smallest absolute Gasteiger partial charge is 0.147 e. The summed E-state index contributed by atoms with van der Waals surface area (Å²) >= 11 is 0. The lowest BCUT2D eigenvalue weighted by molar-refractivity contribution is 0.271. The average molecular weight is 269 g/mol. The summed E-state index contributed by atoms with van der Waals surface area (Å²) in [6.07, 6.45) is 1.80. The number of anilines is 1. The maximum Gasteiger partial charge on any atom is 0.147 e. The summed E-state index contributed by atoms with van der Waals surface area (Å²) in [5, 5.41) is 6.58. The van der Waals surface area contributed by atoms with Crippen LogP contribution in [0.25, 0.3) is 0 Å². The summed E-state index contributed by atoms with van der Waals surface area (Å²) in [4.78, 5) is 2.39. The lowest BCUT2D eigenvalue weighted by Gasteiger charge is -2.34. The van der Waals surface area contributed by atoms with Gasteiger partial charge < -0.3 is 9.32 Å². The molecule has 0 spiro atoms. The number of benzene rings is 1. The van der Waals surface area contributed by atoms with Gasteiger partial charge in [0.1, 0.15) is 11.5 Å². The average Bonchev–Trinajstić information content (AvgIpc) is 2.92. The number of hydrogen-bond acceptors (Lipinski definition) is 4. The largest absolute Gasteiger partial charge is 0.460 e. The molecule has 2 aromatic rings. The summed E-state index contributed by atoms with van der Waals surface area (Å²) in [5.41, 5.74) is 1.29. The van der Waals surface area contributed by atoms with E-state index in [1.165, 1.54) is 5.69 Å². The van der Waals surface area contributed by atoms with Gasteiger partial charge in [-0.05, 0) is 31.2 Å². The molecule has 0 radical (unpaired) electrons. The van der Waals surface area contributed by atoms with Gasteiger partial charge >= 0.3 is 0 Å². The SMILES string of the molecule is Cc1ccc(/C=N/N2CCN(c3ccccc3)CC2)o1. The van der Waals surface area contributed by atoms with Gasteiger partial charge in [-0.2, -0.15) is 5.10 Å². The third-order valence-electron chi connectivity index (χ3n) is 3.49. The molecule has 4 nitrogen and oxygen atoms in total. The first kappa shape index (κ1) is 12.8. The number of hydrogen-bond donors (Lipinski definition) is 0. The van der Waals surface area contributed by atoms with E-state index >= 15 is 0 Å². The summed E-state index contributed by atoms with van der Waals surface area (Å²) < 4.78 is 5.48. The molecule has 104 valence electrons. The summed E-state index contributed by atoms with van der Waals surface area (Å²) in [6.45, 7) is 5.81. The molecular weight excluding hydrogens is 250 g/mol. The molecule has 4 heteroatoms. The van der Waals surface area contributed by atoms with E-state index in [1.54, 1.807) is 6.21 Å². The molecule has 1 aromatic carbocycles. The van der Waals surface area contributed by atoms with Gasteiger partial charge in [0.2, 0.25) is 0 Å². The third-order valence-corrected chi connectivity index (χ3v) is 3.49. The number of aryl methyl sites for hydroxylation is 1. The Morgan fingerprint density at radius 2 is 1.75 bits per heavy atom. The molecule has 0 amide bonds. The van der Waals surface area contributed by atoms with Gasteiger partial charge in [-0.25, -0.2) is 0 Å². The zero-order chi connectivity index (χ0) is 13.8. The molecule has 0 saturated carbocycles. The van der Waals surface area contributed by atoms with Crippen LogP contribution in [0.4, 0.5) is 5.69 Å². The van der Waals surface area contributed by atoms with Gasteiger partial charge in [-0.15, -0.1) is 0 Å². The molecule has 1 saturated heterocycles. The first-order valence-corrected chi connectivity index (χ1v) is 6.97. The number of nitrogens with zero attached hydrogens (tertiary/aromatic N) is 3. The van der Waals surface area contributed by atoms with Crippen LogP contribution in [0.3, 0.4) is 0 Å². The van der Waals surface area contributed by atoms with Crippen molar-refractivity contribution in [2.45, 2.75) is 6.92 Å². The van der Waals surface area contributed by atoms with Crippen LogP contribution in [-0.2, 0) is 0 Å². The maximum atomic E-state index is 5.48. The molecule has 1 fully saturated rings. The minimum absolute atomic E-state index is 0.813.